The van der Waals surface area contributed by atoms with Crippen LogP contribution in [0.15, 0.2) is 0 Å². The van der Waals surface area contributed by atoms with Crippen LogP contribution in [0.1, 0.15) is 19.8 Å². The molecular formula is C9H13ClF3NO. The standard InChI is InChI=1S/C9H13ClF3NO/c1-6(7-2-3-7)14(8(15)4-10)5-9(11,12)13/h6-7H,2-5H2,1H3. The topological polar surface area (TPSA) is 20.3 Å². The molecule has 1 fully saturated rings. The Balaban J connectivity index is 2.63. The maximum Gasteiger partial charge on any atom is 0.406 e. The summed E-state index contributed by atoms with van der Waals surface area (Å²) in [4.78, 5) is 12.1. The molecular weight excluding hydrogens is 231 g/mol. The summed E-state index contributed by atoms with van der Waals surface area (Å²) in [5, 5.41) is 0. The highest BCUT2D eigenvalue weighted by molar-refractivity contribution is 6.27. The van der Waals surface area contributed by atoms with E-state index < -0.39 is 24.5 Å². The Labute approximate surface area is 91.4 Å². The van der Waals surface area contributed by atoms with Crippen LogP contribution in [-0.2, 0) is 4.79 Å². The fourth-order valence-electron chi connectivity index (χ4n) is 1.56. The first-order chi connectivity index (χ1) is 6.85. The number of carbonyl (C=O) groups excluding carboxylic acids is 1. The van der Waals surface area contributed by atoms with Crippen LogP contribution in [0.4, 0.5) is 13.2 Å². The van der Waals surface area contributed by atoms with E-state index in [0.29, 0.717) is 0 Å². The van der Waals surface area contributed by atoms with Crippen LogP contribution in [0, 0.1) is 5.92 Å². The van der Waals surface area contributed by atoms with E-state index in [9.17, 15) is 18.0 Å². The molecule has 2 nitrogen and oxygen atoms in total. The van der Waals surface area contributed by atoms with Gasteiger partial charge in [-0.25, -0.2) is 0 Å². The minimum Gasteiger partial charge on any atom is -0.330 e. The summed E-state index contributed by atoms with van der Waals surface area (Å²) in [7, 11) is 0. The summed E-state index contributed by atoms with van der Waals surface area (Å²) in [6, 6.07) is -0.363. The Morgan fingerprint density at radius 2 is 2.07 bits per heavy atom. The van der Waals surface area contributed by atoms with Crippen molar-refractivity contribution in [2.24, 2.45) is 5.92 Å². The first kappa shape index (κ1) is 12.6. The minimum absolute atomic E-state index is 0.208. The molecule has 15 heavy (non-hydrogen) atoms. The monoisotopic (exact) mass is 243 g/mol. The molecule has 1 saturated carbocycles. The summed E-state index contributed by atoms with van der Waals surface area (Å²) >= 11 is 5.29. The van der Waals surface area contributed by atoms with Crippen molar-refractivity contribution in [3.05, 3.63) is 0 Å². The second-order valence-corrected chi connectivity index (χ2v) is 4.12. The first-order valence-corrected chi connectivity index (χ1v) is 5.31. The van der Waals surface area contributed by atoms with Crippen LogP contribution in [0.2, 0.25) is 0 Å². The summed E-state index contributed by atoms with van der Waals surface area (Å²) in [6.07, 6.45) is -2.57. The van der Waals surface area contributed by atoms with Crippen LogP contribution in [0.3, 0.4) is 0 Å². The van der Waals surface area contributed by atoms with E-state index in [1.807, 2.05) is 0 Å². The van der Waals surface area contributed by atoms with Gasteiger partial charge in [0.15, 0.2) is 0 Å². The van der Waals surface area contributed by atoms with Crippen molar-refractivity contribution in [1.82, 2.24) is 4.90 Å². The van der Waals surface area contributed by atoms with E-state index in [2.05, 4.69) is 0 Å². The maximum atomic E-state index is 12.2. The molecule has 1 amide bonds. The van der Waals surface area contributed by atoms with E-state index in [1.54, 1.807) is 6.92 Å². The van der Waals surface area contributed by atoms with Gasteiger partial charge in [0.25, 0.3) is 0 Å². The Morgan fingerprint density at radius 3 is 2.40 bits per heavy atom. The Bertz CT molecular complexity index is 240. The van der Waals surface area contributed by atoms with Gasteiger partial charge in [-0.3, -0.25) is 4.79 Å². The van der Waals surface area contributed by atoms with Crippen LogP contribution in [-0.4, -0.2) is 35.4 Å². The zero-order valence-electron chi connectivity index (χ0n) is 8.35. The predicted octanol–water partition coefficient (Wildman–Crippen LogP) is 2.41. The molecule has 0 radical (unpaired) electrons. The molecule has 1 atom stereocenters. The third-order valence-corrected chi connectivity index (χ3v) is 2.81. The number of hydrogen-bond donors (Lipinski definition) is 0. The third kappa shape index (κ3) is 3.89. The molecule has 1 unspecified atom stereocenters. The summed E-state index contributed by atoms with van der Waals surface area (Å²) < 4.78 is 36.6. The molecule has 1 aliphatic rings. The summed E-state index contributed by atoms with van der Waals surface area (Å²) in [5.74, 6) is -0.833. The molecule has 0 aliphatic heterocycles. The largest absolute Gasteiger partial charge is 0.406 e. The van der Waals surface area contributed by atoms with Gasteiger partial charge in [0.2, 0.25) is 5.91 Å². The van der Waals surface area contributed by atoms with Crippen molar-refractivity contribution in [1.29, 1.82) is 0 Å². The molecule has 0 aromatic rings. The van der Waals surface area contributed by atoms with Gasteiger partial charge < -0.3 is 4.90 Å². The highest BCUT2D eigenvalue weighted by atomic mass is 35.5. The number of alkyl halides is 4. The van der Waals surface area contributed by atoms with E-state index in [4.69, 9.17) is 11.6 Å². The zero-order valence-corrected chi connectivity index (χ0v) is 9.11. The lowest BCUT2D eigenvalue weighted by atomic mass is 10.2. The van der Waals surface area contributed by atoms with Gasteiger partial charge in [0, 0.05) is 6.04 Å². The van der Waals surface area contributed by atoms with Gasteiger partial charge in [0.05, 0.1) is 0 Å². The van der Waals surface area contributed by atoms with Crippen LogP contribution >= 0.6 is 11.6 Å². The molecule has 0 saturated heterocycles. The van der Waals surface area contributed by atoms with Crippen molar-refractivity contribution >= 4 is 17.5 Å². The second-order valence-electron chi connectivity index (χ2n) is 3.85. The predicted molar refractivity (Wildman–Crippen MR) is 50.7 cm³/mol. The summed E-state index contributed by atoms with van der Waals surface area (Å²) in [6.45, 7) is 0.448. The first-order valence-electron chi connectivity index (χ1n) is 4.77. The Kier molecular flexibility index (Phi) is 3.87. The lowest BCUT2D eigenvalue weighted by Crippen LogP contribution is -2.46. The molecule has 0 N–H and O–H groups in total. The molecule has 0 spiro atoms. The molecule has 0 aromatic heterocycles. The van der Waals surface area contributed by atoms with E-state index in [0.717, 1.165) is 17.7 Å². The van der Waals surface area contributed by atoms with E-state index in [1.165, 1.54) is 0 Å². The minimum atomic E-state index is -4.36. The fourth-order valence-corrected chi connectivity index (χ4v) is 1.72. The van der Waals surface area contributed by atoms with E-state index in [-0.39, 0.29) is 12.0 Å². The Morgan fingerprint density at radius 1 is 1.53 bits per heavy atom. The maximum absolute atomic E-state index is 12.2. The van der Waals surface area contributed by atoms with Gasteiger partial charge in [-0.2, -0.15) is 13.2 Å². The van der Waals surface area contributed by atoms with Crippen molar-refractivity contribution < 1.29 is 18.0 Å². The normalized spacial score (nSPS) is 18.7. The van der Waals surface area contributed by atoms with Gasteiger partial charge in [-0.1, -0.05) is 0 Å². The lowest BCUT2D eigenvalue weighted by Gasteiger charge is -2.29. The van der Waals surface area contributed by atoms with Gasteiger partial charge in [0.1, 0.15) is 12.4 Å². The van der Waals surface area contributed by atoms with Crippen molar-refractivity contribution in [2.75, 3.05) is 12.4 Å². The van der Waals surface area contributed by atoms with Crippen molar-refractivity contribution in [2.45, 2.75) is 32.0 Å². The smallest absolute Gasteiger partial charge is 0.330 e. The van der Waals surface area contributed by atoms with Crippen LogP contribution in [0.5, 0.6) is 0 Å². The molecule has 1 rings (SSSR count). The number of carbonyl (C=O) groups is 1. The van der Waals surface area contributed by atoms with Gasteiger partial charge >= 0.3 is 6.18 Å². The quantitative estimate of drug-likeness (QED) is 0.695. The van der Waals surface area contributed by atoms with Crippen molar-refractivity contribution in [3.63, 3.8) is 0 Å². The van der Waals surface area contributed by atoms with Gasteiger partial charge in [-0.05, 0) is 25.7 Å². The van der Waals surface area contributed by atoms with E-state index >= 15 is 0 Å². The molecule has 0 bridgehead atoms. The average molecular weight is 244 g/mol. The second kappa shape index (κ2) is 4.60. The molecule has 1 aliphatic carbocycles. The molecule has 88 valence electrons. The number of nitrogens with zero attached hydrogens (tertiary/aromatic N) is 1. The van der Waals surface area contributed by atoms with Crippen molar-refractivity contribution in [3.8, 4) is 0 Å². The van der Waals surface area contributed by atoms with Gasteiger partial charge in [-0.15, -0.1) is 11.6 Å². The summed E-state index contributed by atoms with van der Waals surface area (Å²) in [5.41, 5.74) is 0. The number of rotatable bonds is 4. The molecule has 0 aromatic carbocycles. The zero-order chi connectivity index (χ0) is 11.6. The highest BCUT2D eigenvalue weighted by Crippen LogP contribution is 2.36. The third-order valence-electron chi connectivity index (χ3n) is 2.58. The Hall–Kier alpha value is -0.450. The highest BCUT2D eigenvalue weighted by Gasteiger charge is 2.40. The van der Waals surface area contributed by atoms with Crippen LogP contribution in [0.25, 0.3) is 0 Å². The molecule has 6 heteroatoms. The fraction of sp³-hybridized carbons (Fsp3) is 0.889. The average Bonchev–Trinajstić information content (AvgIpc) is 2.93. The number of hydrogen-bond acceptors (Lipinski definition) is 1. The number of halogens is 4. The molecule has 0 heterocycles. The SMILES string of the molecule is CC(C1CC1)N(CC(F)(F)F)C(=O)CCl. The van der Waals surface area contributed by atoms with Crippen LogP contribution < -0.4 is 0 Å². The lowest BCUT2D eigenvalue weighted by molar-refractivity contribution is -0.164. The number of amides is 1.